The lowest BCUT2D eigenvalue weighted by molar-refractivity contribution is 0.177. The number of hydrogen-bond acceptors (Lipinski definition) is 3. The predicted molar refractivity (Wildman–Crippen MR) is 98.6 cm³/mol. The molecule has 0 bridgehead atoms. The molecule has 6 nitrogen and oxygen atoms in total. The van der Waals surface area contributed by atoms with E-state index in [-0.39, 0.29) is 12.1 Å². The van der Waals surface area contributed by atoms with Crippen molar-refractivity contribution in [3.8, 4) is 0 Å². The molecule has 1 aliphatic heterocycles. The number of H-pyrrole nitrogens is 1. The number of carbonyl (C=O) groups excluding carboxylic acids is 1. The second-order valence-electron chi connectivity index (χ2n) is 7.05. The number of urea groups is 1. The highest BCUT2D eigenvalue weighted by Gasteiger charge is 2.26. The average Bonchev–Trinajstić information content (AvgIpc) is 3.09. The third-order valence-corrected chi connectivity index (χ3v) is 4.88. The second kappa shape index (κ2) is 6.35. The van der Waals surface area contributed by atoms with Gasteiger partial charge in [-0.1, -0.05) is 0 Å². The van der Waals surface area contributed by atoms with Crippen LogP contribution in [0.4, 0.5) is 4.79 Å². The summed E-state index contributed by atoms with van der Waals surface area (Å²) in [6.07, 6.45) is 7.69. The van der Waals surface area contributed by atoms with Crippen LogP contribution >= 0.6 is 0 Å². The molecule has 1 fully saturated rings. The highest BCUT2D eigenvalue weighted by atomic mass is 16.2. The van der Waals surface area contributed by atoms with Gasteiger partial charge in [-0.3, -0.25) is 4.98 Å². The summed E-state index contributed by atoms with van der Waals surface area (Å²) in [6, 6.07) is 4.34. The molecule has 25 heavy (non-hydrogen) atoms. The van der Waals surface area contributed by atoms with Gasteiger partial charge in [0.15, 0.2) is 0 Å². The van der Waals surface area contributed by atoms with E-state index in [0.717, 1.165) is 47.9 Å². The van der Waals surface area contributed by atoms with Gasteiger partial charge >= 0.3 is 6.03 Å². The zero-order valence-corrected chi connectivity index (χ0v) is 14.6. The molecule has 2 N–H and O–H groups in total. The Morgan fingerprint density at radius 2 is 2.24 bits per heavy atom. The molecule has 0 saturated carbocycles. The van der Waals surface area contributed by atoms with Crippen LogP contribution in [0.5, 0.6) is 0 Å². The van der Waals surface area contributed by atoms with Crippen molar-refractivity contribution in [2.24, 2.45) is 0 Å². The van der Waals surface area contributed by atoms with Crippen molar-refractivity contribution < 1.29 is 4.79 Å². The Kier molecular flexibility index (Phi) is 4.03. The summed E-state index contributed by atoms with van der Waals surface area (Å²) < 4.78 is 0. The normalized spacial score (nSPS) is 18.2. The molecule has 4 rings (SSSR count). The van der Waals surface area contributed by atoms with E-state index < -0.39 is 0 Å². The summed E-state index contributed by atoms with van der Waals surface area (Å²) in [5, 5.41) is 5.27. The highest BCUT2D eigenvalue weighted by Crippen LogP contribution is 2.34. The van der Waals surface area contributed by atoms with Gasteiger partial charge in [-0.2, -0.15) is 0 Å². The number of aromatic nitrogens is 3. The Bertz CT molecular complexity index is 916. The minimum absolute atomic E-state index is 0.0338. The Morgan fingerprint density at radius 3 is 3.08 bits per heavy atom. The molecule has 3 aromatic heterocycles. The molecule has 4 heterocycles. The minimum Gasteiger partial charge on any atom is -0.346 e. The lowest BCUT2D eigenvalue weighted by atomic mass is 9.88. The van der Waals surface area contributed by atoms with Crippen LogP contribution < -0.4 is 5.32 Å². The van der Waals surface area contributed by atoms with Crippen molar-refractivity contribution in [3.05, 3.63) is 36.3 Å². The molecule has 6 heteroatoms. The summed E-state index contributed by atoms with van der Waals surface area (Å²) in [4.78, 5) is 26.5. The molecule has 1 saturated heterocycles. The van der Waals surface area contributed by atoms with Gasteiger partial charge in [0, 0.05) is 48.2 Å². The van der Waals surface area contributed by atoms with E-state index in [0.29, 0.717) is 5.92 Å². The predicted octanol–water partition coefficient (Wildman–Crippen LogP) is 3.41. The average molecular weight is 337 g/mol. The summed E-state index contributed by atoms with van der Waals surface area (Å²) in [5.41, 5.74) is 3.05. The van der Waals surface area contributed by atoms with Crippen LogP contribution in [0.3, 0.4) is 0 Å². The quantitative estimate of drug-likeness (QED) is 0.752. The molecule has 130 valence electrons. The third-order valence-electron chi connectivity index (χ3n) is 4.88. The second-order valence-corrected chi connectivity index (χ2v) is 7.05. The number of piperidine rings is 1. The summed E-state index contributed by atoms with van der Waals surface area (Å²) in [6.45, 7) is 5.54. The van der Waals surface area contributed by atoms with Crippen molar-refractivity contribution in [2.45, 2.75) is 38.6 Å². The van der Waals surface area contributed by atoms with Gasteiger partial charge in [0.05, 0.1) is 11.7 Å². The van der Waals surface area contributed by atoms with Gasteiger partial charge < -0.3 is 15.2 Å². The molecular weight excluding hydrogens is 314 g/mol. The van der Waals surface area contributed by atoms with Crippen molar-refractivity contribution >= 4 is 28.0 Å². The zero-order valence-electron chi connectivity index (χ0n) is 14.6. The number of carbonyl (C=O) groups is 1. The lowest BCUT2D eigenvalue weighted by Crippen LogP contribution is -2.47. The van der Waals surface area contributed by atoms with Crippen LogP contribution in [0.15, 0.2) is 30.7 Å². The number of rotatable bonds is 2. The third kappa shape index (κ3) is 2.92. The summed E-state index contributed by atoms with van der Waals surface area (Å²) >= 11 is 0. The Balaban J connectivity index is 1.71. The van der Waals surface area contributed by atoms with Gasteiger partial charge in [-0.25, -0.2) is 9.78 Å². The first-order valence-electron chi connectivity index (χ1n) is 8.89. The molecule has 1 atom stereocenters. The van der Waals surface area contributed by atoms with Gasteiger partial charge in [0.25, 0.3) is 0 Å². The maximum absolute atomic E-state index is 12.4. The first-order chi connectivity index (χ1) is 12.1. The largest absolute Gasteiger partial charge is 0.346 e. The SMILES string of the molecule is CC(C)NC(=O)N1CCCC(c2ccnc3cnc4[nH]ccc4c23)C1. The van der Waals surface area contributed by atoms with Gasteiger partial charge in [0.2, 0.25) is 0 Å². The molecule has 1 unspecified atom stereocenters. The lowest BCUT2D eigenvalue weighted by Gasteiger charge is -2.34. The Morgan fingerprint density at radius 1 is 1.36 bits per heavy atom. The maximum atomic E-state index is 12.4. The van der Waals surface area contributed by atoms with E-state index in [9.17, 15) is 4.79 Å². The fraction of sp³-hybridized carbons (Fsp3) is 0.421. The Labute approximate surface area is 146 Å². The maximum Gasteiger partial charge on any atom is 0.317 e. The minimum atomic E-state index is 0.0338. The van der Waals surface area contributed by atoms with Crippen molar-refractivity contribution in [1.29, 1.82) is 0 Å². The van der Waals surface area contributed by atoms with Crippen LogP contribution in [0.2, 0.25) is 0 Å². The fourth-order valence-electron chi connectivity index (χ4n) is 3.77. The van der Waals surface area contributed by atoms with E-state index >= 15 is 0 Å². The van der Waals surface area contributed by atoms with E-state index in [1.165, 1.54) is 5.56 Å². The number of pyridine rings is 2. The molecule has 1 aliphatic rings. The number of amides is 2. The molecule has 0 aromatic carbocycles. The highest BCUT2D eigenvalue weighted by molar-refractivity contribution is 6.05. The van der Waals surface area contributed by atoms with E-state index in [4.69, 9.17) is 0 Å². The van der Waals surface area contributed by atoms with Crippen molar-refractivity contribution in [3.63, 3.8) is 0 Å². The summed E-state index contributed by atoms with van der Waals surface area (Å²) in [5.74, 6) is 0.317. The van der Waals surface area contributed by atoms with Gasteiger partial charge in [-0.15, -0.1) is 0 Å². The van der Waals surface area contributed by atoms with Crippen LogP contribution in [0.1, 0.15) is 38.2 Å². The van der Waals surface area contributed by atoms with Crippen molar-refractivity contribution in [2.75, 3.05) is 13.1 Å². The first-order valence-corrected chi connectivity index (χ1v) is 8.89. The van der Waals surface area contributed by atoms with E-state index in [1.54, 1.807) is 0 Å². The molecule has 2 amide bonds. The fourth-order valence-corrected chi connectivity index (χ4v) is 3.77. The molecule has 0 aliphatic carbocycles. The van der Waals surface area contributed by atoms with E-state index in [2.05, 4.69) is 32.4 Å². The smallest absolute Gasteiger partial charge is 0.317 e. The number of hydrogen-bond donors (Lipinski definition) is 2. The standard InChI is InChI=1S/C19H23N5O/c1-12(2)23-19(25)24-9-3-4-13(11-24)14-5-7-20-16-10-22-18-15(17(14)16)6-8-21-18/h5-8,10,12-13H,3-4,9,11H2,1-2H3,(H,21,22)(H,23,25). The number of fused-ring (bicyclic) bond motifs is 3. The molecular formula is C19H23N5O. The van der Waals surface area contributed by atoms with Crippen LogP contribution in [-0.4, -0.2) is 45.0 Å². The topological polar surface area (TPSA) is 73.9 Å². The molecule has 0 spiro atoms. The van der Waals surface area contributed by atoms with Crippen LogP contribution in [-0.2, 0) is 0 Å². The van der Waals surface area contributed by atoms with Crippen LogP contribution in [0.25, 0.3) is 21.9 Å². The number of likely N-dealkylation sites (tertiary alicyclic amines) is 1. The monoisotopic (exact) mass is 337 g/mol. The summed E-state index contributed by atoms with van der Waals surface area (Å²) in [7, 11) is 0. The molecule has 3 aromatic rings. The number of nitrogens with zero attached hydrogens (tertiary/aromatic N) is 3. The Hall–Kier alpha value is -2.63. The number of nitrogens with one attached hydrogen (secondary N) is 2. The molecule has 0 radical (unpaired) electrons. The van der Waals surface area contributed by atoms with Crippen molar-refractivity contribution in [1.82, 2.24) is 25.2 Å². The zero-order chi connectivity index (χ0) is 17.4. The van der Waals surface area contributed by atoms with Gasteiger partial charge in [0.1, 0.15) is 5.65 Å². The van der Waals surface area contributed by atoms with Gasteiger partial charge in [-0.05, 0) is 44.4 Å². The number of aromatic amines is 1. The van der Waals surface area contributed by atoms with E-state index in [1.807, 2.05) is 37.3 Å². The first kappa shape index (κ1) is 15.9. The van der Waals surface area contributed by atoms with Crippen LogP contribution in [0, 0.1) is 0 Å².